The minimum absolute atomic E-state index is 0.00794. The van der Waals surface area contributed by atoms with Gasteiger partial charge in [-0.05, 0) is 67.2 Å². The molecule has 0 radical (unpaired) electrons. The van der Waals surface area contributed by atoms with Gasteiger partial charge in [0.15, 0.2) is 0 Å². The Balaban J connectivity index is 0.000000287. The summed E-state index contributed by atoms with van der Waals surface area (Å²) in [5, 5.41) is 0. The van der Waals surface area contributed by atoms with E-state index in [0.717, 1.165) is 11.5 Å². The van der Waals surface area contributed by atoms with Crippen LogP contribution in [-0.2, 0) is 21.7 Å². The second-order valence-corrected chi connectivity index (χ2v) is 16.4. The zero-order valence-corrected chi connectivity index (χ0v) is 29.4. The maximum absolute atomic E-state index is 6.21. The fourth-order valence-corrected chi connectivity index (χ4v) is 5.87. The monoisotopic (exact) mass is 594 g/mol. The zero-order valence-electron chi connectivity index (χ0n) is 28.4. The summed E-state index contributed by atoms with van der Waals surface area (Å²) in [6.45, 7) is 26.9. The summed E-state index contributed by atoms with van der Waals surface area (Å²) >= 11 is 0. The van der Waals surface area contributed by atoms with E-state index in [0.29, 0.717) is 0 Å². The Bertz CT molecular complexity index is 1390. The Morgan fingerprint density at radius 3 is 0.953 bits per heavy atom. The highest BCUT2D eigenvalue weighted by Crippen LogP contribution is 2.46. The molecule has 0 spiro atoms. The minimum Gasteiger partial charge on any atom is -0.440 e. The van der Waals surface area contributed by atoms with Crippen molar-refractivity contribution in [1.82, 2.24) is 0 Å². The van der Waals surface area contributed by atoms with Crippen LogP contribution in [0.1, 0.15) is 105 Å². The van der Waals surface area contributed by atoms with Crippen LogP contribution in [0.5, 0.6) is 11.5 Å². The molecule has 0 bridgehead atoms. The molecule has 0 heterocycles. The number of hydrogen-bond acceptors (Lipinski definition) is 2. The van der Waals surface area contributed by atoms with Crippen LogP contribution in [0.25, 0.3) is 22.3 Å². The van der Waals surface area contributed by atoms with Crippen molar-refractivity contribution < 1.29 is 9.05 Å². The second-order valence-electron chi connectivity index (χ2n) is 15.8. The van der Waals surface area contributed by atoms with Crippen molar-refractivity contribution in [3.8, 4) is 33.8 Å². The number of fused-ring (bicyclic) bond motifs is 4. The van der Waals surface area contributed by atoms with E-state index in [1.807, 2.05) is 0 Å². The molecule has 2 nitrogen and oxygen atoms in total. The third kappa shape index (κ3) is 7.71. The maximum atomic E-state index is 6.21. The quantitative estimate of drug-likeness (QED) is 0.193. The van der Waals surface area contributed by atoms with Gasteiger partial charge in [-0.25, -0.2) is 0 Å². The third-order valence-electron chi connectivity index (χ3n) is 8.04. The first kappa shape index (κ1) is 32.8. The van der Waals surface area contributed by atoms with Crippen LogP contribution < -0.4 is 9.05 Å². The Kier molecular flexibility index (Phi) is 9.25. The summed E-state index contributed by atoms with van der Waals surface area (Å²) in [6, 6.07) is 30.2. The minimum atomic E-state index is -0.0951. The molecule has 43 heavy (non-hydrogen) atoms. The Morgan fingerprint density at radius 2 is 0.698 bits per heavy atom. The topological polar surface area (TPSA) is 18.5 Å². The van der Waals surface area contributed by atoms with E-state index in [4.69, 9.17) is 9.05 Å². The highest BCUT2D eigenvalue weighted by atomic mass is 31.1. The lowest BCUT2D eigenvalue weighted by atomic mass is 9.80. The Morgan fingerprint density at radius 1 is 0.395 bits per heavy atom. The van der Waals surface area contributed by atoms with Crippen molar-refractivity contribution in [2.24, 2.45) is 0 Å². The highest BCUT2D eigenvalue weighted by Gasteiger charge is 2.25. The van der Waals surface area contributed by atoms with E-state index in [1.54, 1.807) is 0 Å². The molecule has 0 aliphatic heterocycles. The molecule has 4 aromatic carbocycles. The van der Waals surface area contributed by atoms with Gasteiger partial charge in [-0.15, -0.1) is 0 Å². The summed E-state index contributed by atoms with van der Waals surface area (Å²) in [5.74, 6) is 1.81. The van der Waals surface area contributed by atoms with E-state index < -0.39 is 0 Å². The largest absolute Gasteiger partial charge is 0.440 e. The first-order chi connectivity index (χ1) is 19.9. The van der Waals surface area contributed by atoms with Gasteiger partial charge in [-0.2, -0.15) is 0 Å². The molecule has 0 atom stereocenters. The smallest absolute Gasteiger partial charge is 0.275 e. The van der Waals surface area contributed by atoms with Gasteiger partial charge in [0.25, 0.3) is 9.03 Å². The molecule has 0 saturated carbocycles. The van der Waals surface area contributed by atoms with E-state index in [-0.39, 0.29) is 30.7 Å². The molecular weight excluding hydrogens is 543 g/mol. The lowest BCUT2D eigenvalue weighted by molar-refractivity contribution is 0.476. The van der Waals surface area contributed by atoms with Crippen molar-refractivity contribution >= 4 is 9.03 Å². The van der Waals surface area contributed by atoms with Crippen LogP contribution in [0.15, 0.2) is 84.9 Å². The molecule has 0 fully saturated rings. The fraction of sp³-hybridized carbons (Fsp3) is 0.400. The summed E-state index contributed by atoms with van der Waals surface area (Å²) in [4.78, 5) is 0. The summed E-state index contributed by atoms with van der Waals surface area (Å²) < 4.78 is 12.4. The highest BCUT2D eigenvalue weighted by molar-refractivity contribution is 7.27. The van der Waals surface area contributed by atoms with Gasteiger partial charge in [0, 0.05) is 11.1 Å². The molecule has 5 rings (SSSR count). The number of hydrogen-bond donors (Lipinski definition) is 0. The maximum Gasteiger partial charge on any atom is 0.275 e. The Hall–Kier alpha value is -3.09. The van der Waals surface area contributed by atoms with Gasteiger partial charge in [0.1, 0.15) is 11.5 Å². The van der Waals surface area contributed by atoms with Crippen LogP contribution in [0, 0.1) is 0 Å². The molecular formula is C40H51O2P. The van der Waals surface area contributed by atoms with E-state index >= 15 is 0 Å². The first-order valence-electron chi connectivity index (χ1n) is 15.4. The molecule has 4 aromatic rings. The molecule has 0 saturated heterocycles. The van der Waals surface area contributed by atoms with Crippen molar-refractivity contribution in [2.45, 2.75) is 105 Å². The van der Waals surface area contributed by atoms with Gasteiger partial charge in [0.2, 0.25) is 0 Å². The van der Waals surface area contributed by atoms with Gasteiger partial charge < -0.3 is 9.05 Å². The van der Waals surface area contributed by atoms with Crippen LogP contribution in [0.3, 0.4) is 0 Å². The SMILES string of the molecule is CC(C)(C)c1ccc(OPOc2ccc(C(C)(C)C)cc2C(C)(C)C)c(C(C)(C)C)c1.c1ccc2c(c1)-c1ccccc1-2. The molecule has 1 aliphatic carbocycles. The summed E-state index contributed by atoms with van der Waals surface area (Å²) in [5.41, 5.74) is 10.9. The summed E-state index contributed by atoms with van der Waals surface area (Å²) in [7, 11) is -0.0951. The van der Waals surface area contributed by atoms with Crippen molar-refractivity contribution in [3.05, 3.63) is 107 Å². The molecule has 0 amide bonds. The van der Waals surface area contributed by atoms with Crippen LogP contribution in [0.4, 0.5) is 0 Å². The van der Waals surface area contributed by atoms with E-state index in [9.17, 15) is 0 Å². The molecule has 228 valence electrons. The lowest BCUT2D eigenvalue weighted by Crippen LogP contribution is -2.17. The number of rotatable bonds is 4. The van der Waals surface area contributed by atoms with Crippen molar-refractivity contribution in [2.75, 3.05) is 0 Å². The van der Waals surface area contributed by atoms with Crippen molar-refractivity contribution in [3.63, 3.8) is 0 Å². The normalized spacial score (nSPS) is 12.7. The second kappa shape index (κ2) is 12.1. The first-order valence-corrected chi connectivity index (χ1v) is 16.3. The third-order valence-corrected chi connectivity index (χ3v) is 8.65. The van der Waals surface area contributed by atoms with Crippen LogP contribution in [0.2, 0.25) is 0 Å². The molecule has 0 aromatic heterocycles. The predicted octanol–water partition coefficient (Wildman–Crippen LogP) is 12.2. The van der Waals surface area contributed by atoms with E-state index in [1.165, 1.54) is 44.5 Å². The number of benzene rings is 4. The van der Waals surface area contributed by atoms with E-state index in [2.05, 4.69) is 168 Å². The lowest BCUT2D eigenvalue weighted by Gasteiger charge is -2.28. The summed E-state index contributed by atoms with van der Waals surface area (Å²) in [6.07, 6.45) is 0. The predicted molar refractivity (Wildman–Crippen MR) is 188 cm³/mol. The average Bonchev–Trinajstić information content (AvgIpc) is 2.90. The van der Waals surface area contributed by atoms with Gasteiger partial charge >= 0.3 is 0 Å². The molecule has 3 heteroatoms. The standard InChI is InChI=1S/C28H43O2P.C12H8/c1-25(2,3)19-13-15-23(21(17-19)27(7,8)9)29-31-30-24-16-14-20(26(4,5)6)18-22(24)28(10,11)12;1-2-6-10-9(5-1)11-7-3-4-8-12(10)11/h13-18,31H,1-12H3;1-8H. The Labute approximate surface area is 263 Å². The zero-order chi connectivity index (χ0) is 31.8. The molecule has 0 N–H and O–H groups in total. The van der Waals surface area contributed by atoms with Crippen molar-refractivity contribution in [1.29, 1.82) is 0 Å². The van der Waals surface area contributed by atoms with Gasteiger partial charge in [-0.1, -0.05) is 156 Å². The fourth-order valence-electron chi connectivity index (χ4n) is 5.30. The van der Waals surface area contributed by atoms with Crippen LogP contribution >= 0.6 is 9.03 Å². The molecule has 0 unspecified atom stereocenters. The van der Waals surface area contributed by atoms with Gasteiger partial charge in [-0.3, -0.25) is 0 Å². The van der Waals surface area contributed by atoms with Crippen LogP contribution in [-0.4, -0.2) is 0 Å². The molecule has 1 aliphatic rings. The average molecular weight is 595 g/mol. The van der Waals surface area contributed by atoms with Gasteiger partial charge in [0.05, 0.1) is 0 Å².